The van der Waals surface area contributed by atoms with Crippen molar-refractivity contribution in [1.82, 2.24) is 15.5 Å². The highest BCUT2D eigenvalue weighted by molar-refractivity contribution is 4.81. The van der Waals surface area contributed by atoms with Crippen LogP contribution in [0.25, 0.3) is 0 Å². The molecule has 0 saturated heterocycles. The van der Waals surface area contributed by atoms with Gasteiger partial charge in [0.15, 0.2) is 0 Å². The van der Waals surface area contributed by atoms with Crippen LogP contribution in [0.4, 0.5) is 0 Å². The van der Waals surface area contributed by atoms with Crippen LogP contribution in [0.1, 0.15) is 45.4 Å². The molecular weight excluding hydrogens is 190 g/mol. The minimum atomic E-state index is 0.679. The van der Waals surface area contributed by atoms with E-state index in [1.165, 1.54) is 0 Å². The van der Waals surface area contributed by atoms with Gasteiger partial charge >= 0.3 is 0 Å². The fraction of sp³-hybridized carbons (Fsp3) is 0.818. The molecule has 1 rings (SSSR count). The highest BCUT2D eigenvalue weighted by Crippen LogP contribution is 2.07. The molecule has 0 radical (unpaired) electrons. The molecule has 1 aromatic heterocycles. The number of nitrogens with one attached hydrogen (secondary N) is 1. The second-order valence-electron chi connectivity index (χ2n) is 4.20. The lowest BCUT2D eigenvalue weighted by molar-refractivity contribution is 0.417. The van der Waals surface area contributed by atoms with Crippen LogP contribution in [0, 0.1) is 5.92 Å². The lowest BCUT2D eigenvalue weighted by Crippen LogP contribution is -2.13. The molecule has 0 amide bonds. The molecule has 0 aliphatic carbocycles. The highest BCUT2D eigenvalue weighted by Gasteiger charge is 2.05. The van der Waals surface area contributed by atoms with Gasteiger partial charge < -0.3 is 9.73 Å². The number of rotatable bonds is 7. The van der Waals surface area contributed by atoms with E-state index < -0.39 is 0 Å². The van der Waals surface area contributed by atoms with E-state index in [2.05, 4.69) is 36.3 Å². The predicted molar refractivity (Wildman–Crippen MR) is 59.5 cm³/mol. The Bertz CT molecular complexity index is 271. The smallest absolute Gasteiger partial charge is 0.230 e. The Morgan fingerprint density at radius 3 is 2.67 bits per heavy atom. The molecule has 1 N–H and O–H groups in total. The van der Waals surface area contributed by atoms with Crippen LogP contribution in [0.3, 0.4) is 0 Å². The van der Waals surface area contributed by atoms with Gasteiger partial charge in [-0.25, -0.2) is 0 Å². The van der Waals surface area contributed by atoms with Gasteiger partial charge in [0.05, 0.1) is 6.54 Å². The van der Waals surface area contributed by atoms with Gasteiger partial charge in [-0.2, -0.15) is 0 Å². The van der Waals surface area contributed by atoms with Crippen LogP contribution in [0.2, 0.25) is 0 Å². The third-order valence-electron chi connectivity index (χ3n) is 2.15. The predicted octanol–water partition coefficient (Wildman–Crippen LogP) is 2.16. The first-order chi connectivity index (χ1) is 7.22. The van der Waals surface area contributed by atoms with Crippen LogP contribution < -0.4 is 5.32 Å². The van der Waals surface area contributed by atoms with Crippen molar-refractivity contribution >= 4 is 0 Å². The number of hydrogen-bond donors (Lipinski definition) is 1. The molecule has 1 heterocycles. The highest BCUT2D eigenvalue weighted by atomic mass is 16.4. The molecule has 4 nitrogen and oxygen atoms in total. The zero-order valence-corrected chi connectivity index (χ0v) is 9.92. The van der Waals surface area contributed by atoms with Crippen molar-refractivity contribution in [1.29, 1.82) is 0 Å². The lowest BCUT2D eigenvalue weighted by atomic mass is 10.1. The Labute approximate surface area is 91.5 Å². The average Bonchev–Trinajstić information content (AvgIpc) is 2.63. The molecule has 0 atom stereocenters. The molecule has 0 aromatic carbocycles. The second-order valence-corrected chi connectivity index (χ2v) is 4.20. The van der Waals surface area contributed by atoms with Crippen molar-refractivity contribution in [2.45, 2.75) is 46.6 Å². The van der Waals surface area contributed by atoms with Crippen LogP contribution in [-0.4, -0.2) is 16.7 Å². The van der Waals surface area contributed by atoms with Gasteiger partial charge in [-0.3, -0.25) is 0 Å². The minimum Gasteiger partial charge on any atom is -0.424 e. The maximum Gasteiger partial charge on any atom is 0.230 e. The van der Waals surface area contributed by atoms with E-state index in [9.17, 15) is 0 Å². The Hall–Kier alpha value is -0.900. The summed E-state index contributed by atoms with van der Waals surface area (Å²) >= 11 is 0. The van der Waals surface area contributed by atoms with Crippen molar-refractivity contribution in [2.75, 3.05) is 6.54 Å². The molecule has 0 spiro atoms. The SMILES string of the molecule is CCCNCc1nnc(CCC(C)C)o1. The maximum atomic E-state index is 5.50. The maximum absolute atomic E-state index is 5.50. The van der Waals surface area contributed by atoms with Crippen LogP contribution in [0.5, 0.6) is 0 Å². The monoisotopic (exact) mass is 211 g/mol. The summed E-state index contributed by atoms with van der Waals surface area (Å²) in [4.78, 5) is 0. The van der Waals surface area contributed by atoms with Crippen LogP contribution >= 0.6 is 0 Å². The Kier molecular flexibility index (Phi) is 5.32. The molecule has 0 bridgehead atoms. The van der Waals surface area contributed by atoms with E-state index in [1.807, 2.05) is 0 Å². The number of aromatic nitrogens is 2. The summed E-state index contributed by atoms with van der Waals surface area (Å²) in [5.41, 5.74) is 0. The molecule has 0 aliphatic rings. The van der Waals surface area contributed by atoms with Gasteiger partial charge in [-0.1, -0.05) is 20.8 Å². The first kappa shape index (κ1) is 12.2. The number of nitrogens with zero attached hydrogens (tertiary/aromatic N) is 2. The molecule has 86 valence electrons. The quantitative estimate of drug-likeness (QED) is 0.702. The summed E-state index contributed by atoms with van der Waals surface area (Å²) < 4.78 is 5.50. The third kappa shape index (κ3) is 4.93. The molecule has 0 aliphatic heterocycles. The lowest BCUT2D eigenvalue weighted by Gasteiger charge is -1.99. The molecule has 0 unspecified atom stereocenters. The van der Waals surface area contributed by atoms with E-state index in [-0.39, 0.29) is 0 Å². The van der Waals surface area contributed by atoms with Gasteiger partial charge in [-0.15, -0.1) is 10.2 Å². The average molecular weight is 211 g/mol. The van der Waals surface area contributed by atoms with Crippen molar-refractivity contribution in [3.05, 3.63) is 11.8 Å². The van der Waals surface area contributed by atoms with Gasteiger partial charge in [0.1, 0.15) is 0 Å². The van der Waals surface area contributed by atoms with Crippen molar-refractivity contribution in [3.63, 3.8) is 0 Å². The van der Waals surface area contributed by atoms with E-state index >= 15 is 0 Å². The Balaban J connectivity index is 2.29. The molecule has 4 heteroatoms. The summed E-state index contributed by atoms with van der Waals surface area (Å²) in [6, 6.07) is 0. The van der Waals surface area contributed by atoms with Gasteiger partial charge in [0, 0.05) is 6.42 Å². The van der Waals surface area contributed by atoms with Crippen molar-refractivity contribution in [2.24, 2.45) is 5.92 Å². The Morgan fingerprint density at radius 2 is 2.00 bits per heavy atom. The Morgan fingerprint density at radius 1 is 1.27 bits per heavy atom. The summed E-state index contributed by atoms with van der Waals surface area (Å²) in [5, 5.41) is 11.2. The molecule has 0 fully saturated rings. The standard InChI is InChI=1S/C11H21N3O/c1-4-7-12-8-11-14-13-10(15-11)6-5-9(2)3/h9,12H,4-8H2,1-3H3. The van der Waals surface area contributed by atoms with Crippen molar-refractivity contribution < 1.29 is 4.42 Å². The second kappa shape index (κ2) is 6.56. The van der Waals surface area contributed by atoms with Crippen molar-refractivity contribution in [3.8, 4) is 0 Å². The van der Waals surface area contributed by atoms with E-state index in [4.69, 9.17) is 4.42 Å². The summed E-state index contributed by atoms with van der Waals surface area (Å²) in [7, 11) is 0. The van der Waals surface area contributed by atoms with E-state index in [0.29, 0.717) is 18.4 Å². The summed E-state index contributed by atoms with van der Waals surface area (Å²) in [6.07, 6.45) is 3.11. The minimum absolute atomic E-state index is 0.679. The van der Waals surface area contributed by atoms with Gasteiger partial charge in [-0.05, 0) is 25.3 Å². The summed E-state index contributed by atoms with van der Waals surface area (Å²) in [6.45, 7) is 8.20. The third-order valence-corrected chi connectivity index (χ3v) is 2.15. The topological polar surface area (TPSA) is 51.0 Å². The van der Waals surface area contributed by atoms with Gasteiger partial charge in [0.2, 0.25) is 11.8 Å². The fourth-order valence-electron chi connectivity index (χ4n) is 1.25. The number of hydrogen-bond acceptors (Lipinski definition) is 4. The zero-order valence-electron chi connectivity index (χ0n) is 9.92. The van der Waals surface area contributed by atoms with Crippen LogP contribution in [0.15, 0.2) is 4.42 Å². The van der Waals surface area contributed by atoms with Gasteiger partial charge in [0.25, 0.3) is 0 Å². The molecule has 15 heavy (non-hydrogen) atoms. The fourth-order valence-corrected chi connectivity index (χ4v) is 1.25. The normalized spacial score (nSPS) is 11.2. The van der Waals surface area contributed by atoms with E-state index in [1.54, 1.807) is 0 Å². The largest absolute Gasteiger partial charge is 0.424 e. The molecule has 1 aromatic rings. The number of aryl methyl sites for hydroxylation is 1. The van der Waals surface area contributed by atoms with E-state index in [0.717, 1.165) is 31.7 Å². The van der Waals surface area contributed by atoms with Crippen LogP contribution in [-0.2, 0) is 13.0 Å². The zero-order chi connectivity index (χ0) is 11.1. The first-order valence-electron chi connectivity index (χ1n) is 5.74. The first-order valence-corrected chi connectivity index (χ1v) is 5.74. The summed E-state index contributed by atoms with van der Waals surface area (Å²) in [5.74, 6) is 2.14. The molecule has 0 saturated carbocycles. The molecular formula is C11H21N3O.